The number of rotatable bonds is 31. The van der Waals surface area contributed by atoms with Crippen LogP contribution in [0.15, 0.2) is 24.3 Å². The fourth-order valence-electron chi connectivity index (χ4n) is 5.18. The maximum Gasteiger partial charge on any atom is 0.220 e. The minimum absolute atomic E-state index is 0.101. The summed E-state index contributed by atoms with van der Waals surface area (Å²) in [7, 11) is 0. The van der Waals surface area contributed by atoms with Crippen LogP contribution >= 0.6 is 0 Å². The summed E-state index contributed by atoms with van der Waals surface area (Å²) in [4.78, 5) is 12.2. The lowest BCUT2D eigenvalue weighted by Crippen LogP contribution is -2.45. The molecule has 40 heavy (non-hydrogen) atoms. The molecule has 0 bridgehead atoms. The molecule has 0 saturated heterocycles. The summed E-state index contributed by atoms with van der Waals surface area (Å²) in [6.45, 7) is 4.25. The molecule has 0 radical (unpaired) electrons. The van der Waals surface area contributed by atoms with Gasteiger partial charge in [-0.3, -0.25) is 4.79 Å². The third kappa shape index (κ3) is 28.4. The van der Waals surface area contributed by atoms with Crippen LogP contribution in [-0.4, -0.2) is 34.9 Å². The van der Waals surface area contributed by atoms with E-state index in [2.05, 4.69) is 31.3 Å². The third-order valence-corrected chi connectivity index (χ3v) is 7.93. The monoisotopic (exact) mass is 564 g/mol. The van der Waals surface area contributed by atoms with Crippen molar-refractivity contribution in [3.8, 4) is 0 Å². The second-order valence-corrected chi connectivity index (χ2v) is 11.9. The molecule has 2 unspecified atom stereocenters. The van der Waals surface area contributed by atoms with Crippen LogP contribution in [0.1, 0.15) is 181 Å². The van der Waals surface area contributed by atoms with Crippen molar-refractivity contribution in [3.05, 3.63) is 24.3 Å². The van der Waals surface area contributed by atoms with E-state index < -0.39 is 12.1 Å². The summed E-state index contributed by atoms with van der Waals surface area (Å²) in [5.74, 6) is -0.101. The number of carbonyl (C=O) groups is 1. The van der Waals surface area contributed by atoms with E-state index in [0.717, 1.165) is 32.1 Å². The highest BCUT2D eigenvalue weighted by molar-refractivity contribution is 5.76. The minimum atomic E-state index is -0.845. The van der Waals surface area contributed by atoms with E-state index >= 15 is 0 Å². The van der Waals surface area contributed by atoms with Crippen molar-refractivity contribution < 1.29 is 15.0 Å². The van der Waals surface area contributed by atoms with Gasteiger partial charge in [0.2, 0.25) is 5.91 Å². The van der Waals surface area contributed by atoms with Gasteiger partial charge in [0.1, 0.15) is 0 Å². The molecule has 0 aliphatic rings. The summed E-state index contributed by atoms with van der Waals surface area (Å²) in [6, 6.07) is -0.631. The maximum atomic E-state index is 12.2. The standard InChI is InChI=1S/C36H69NO3/c1-3-5-7-9-11-13-14-15-16-17-18-19-20-21-22-24-25-27-29-31-35(39)34(33-38)37-36(40)32-30-28-26-23-12-10-8-6-4-2/h23,26,29,31,34-35,38-39H,3-22,24-25,27-28,30,32-33H2,1-2H3,(H,37,40)/b26-23-,31-29+. The van der Waals surface area contributed by atoms with Crippen LogP contribution < -0.4 is 5.32 Å². The van der Waals surface area contributed by atoms with Crippen LogP contribution in [0.4, 0.5) is 0 Å². The van der Waals surface area contributed by atoms with Gasteiger partial charge in [0.25, 0.3) is 0 Å². The smallest absolute Gasteiger partial charge is 0.220 e. The molecule has 0 aromatic rings. The predicted molar refractivity (Wildman–Crippen MR) is 175 cm³/mol. The number of carbonyl (C=O) groups excluding carboxylic acids is 1. The molecule has 0 heterocycles. The molecule has 0 aromatic carbocycles. The van der Waals surface area contributed by atoms with E-state index in [4.69, 9.17) is 0 Å². The SMILES string of the molecule is CCCCCC/C=C\CCCC(=O)NC(CO)C(O)/C=C/CCCCCCCCCCCCCCCCCCC. The molecule has 0 aliphatic carbocycles. The number of aliphatic hydroxyl groups is 2. The Hall–Kier alpha value is -1.13. The van der Waals surface area contributed by atoms with Crippen molar-refractivity contribution >= 4 is 5.91 Å². The first-order valence-electron chi connectivity index (χ1n) is 17.6. The van der Waals surface area contributed by atoms with Crippen molar-refractivity contribution in [1.29, 1.82) is 0 Å². The first kappa shape index (κ1) is 38.9. The Morgan fingerprint density at radius 1 is 0.575 bits per heavy atom. The van der Waals surface area contributed by atoms with E-state index in [1.807, 2.05) is 6.08 Å². The normalized spacial score (nSPS) is 13.4. The van der Waals surface area contributed by atoms with Crippen LogP contribution in [-0.2, 0) is 4.79 Å². The van der Waals surface area contributed by atoms with E-state index in [1.54, 1.807) is 6.08 Å². The number of unbranched alkanes of at least 4 members (excludes halogenated alkanes) is 22. The molecule has 0 saturated carbocycles. The molecule has 4 heteroatoms. The summed E-state index contributed by atoms with van der Waals surface area (Å²) in [5, 5.41) is 22.8. The highest BCUT2D eigenvalue weighted by atomic mass is 16.3. The van der Waals surface area contributed by atoms with Gasteiger partial charge >= 0.3 is 0 Å². The van der Waals surface area contributed by atoms with Crippen molar-refractivity contribution in [2.75, 3.05) is 6.61 Å². The quantitative estimate of drug-likeness (QED) is 0.0580. The fourth-order valence-corrected chi connectivity index (χ4v) is 5.18. The van der Waals surface area contributed by atoms with E-state index in [0.29, 0.717) is 6.42 Å². The Balaban J connectivity index is 3.60. The molecule has 2 atom stereocenters. The van der Waals surface area contributed by atoms with Crippen LogP contribution in [0, 0.1) is 0 Å². The molecule has 0 aromatic heterocycles. The van der Waals surface area contributed by atoms with Gasteiger partial charge in [-0.1, -0.05) is 160 Å². The Morgan fingerprint density at radius 3 is 1.40 bits per heavy atom. The Morgan fingerprint density at radius 2 is 0.950 bits per heavy atom. The molecule has 0 aliphatic heterocycles. The van der Waals surface area contributed by atoms with Gasteiger partial charge in [0, 0.05) is 6.42 Å². The summed E-state index contributed by atoms with van der Waals surface area (Å²) >= 11 is 0. The second-order valence-electron chi connectivity index (χ2n) is 11.9. The average molecular weight is 564 g/mol. The zero-order valence-electron chi connectivity index (χ0n) is 26.9. The van der Waals surface area contributed by atoms with Crippen molar-refractivity contribution in [2.45, 2.75) is 193 Å². The molecular weight excluding hydrogens is 494 g/mol. The van der Waals surface area contributed by atoms with Gasteiger partial charge in [-0.15, -0.1) is 0 Å². The zero-order valence-corrected chi connectivity index (χ0v) is 26.9. The number of allylic oxidation sites excluding steroid dienone is 3. The first-order chi connectivity index (χ1) is 19.7. The van der Waals surface area contributed by atoms with Crippen LogP contribution in [0.5, 0.6) is 0 Å². The van der Waals surface area contributed by atoms with E-state index in [9.17, 15) is 15.0 Å². The summed E-state index contributed by atoms with van der Waals surface area (Å²) in [6.07, 6.45) is 39.9. The third-order valence-electron chi connectivity index (χ3n) is 7.93. The summed E-state index contributed by atoms with van der Waals surface area (Å²) in [5.41, 5.74) is 0. The molecular formula is C36H69NO3. The molecule has 3 N–H and O–H groups in total. The topological polar surface area (TPSA) is 69.6 Å². The maximum absolute atomic E-state index is 12.2. The van der Waals surface area contributed by atoms with Crippen molar-refractivity contribution in [1.82, 2.24) is 5.32 Å². The molecule has 0 fully saturated rings. The zero-order chi connectivity index (χ0) is 29.4. The lowest BCUT2D eigenvalue weighted by Gasteiger charge is -2.19. The lowest BCUT2D eigenvalue weighted by atomic mass is 10.0. The van der Waals surface area contributed by atoms with Crippen molar-refractivity contribution in [3.63, 3.8) is 0 Å². The highest BCUT2D eigenvalue weighted by Crippen LogP contribution is 2.14. The fraction of sp³-hybridized carbons (Fsp3) is 0.861. The minimum Gasteiger partial charge on any atom is -0.394 e. The number of hydrogen-bond donors (Lipinski definition) is 3. The van der Waals surface area contributed by atoms with E-state index in [1.165, 1.54) is 128 Å². The van der Waals surface area contributed by atoms with Gasteiger partial charge < -0.3 is 15.5 Å². The van der Waals surface area contributed by atoms with Crippen LogP contribution in [0.25, 0.3) is 0 Å². The molecule has 0 rings (SSSR count). The Bertz CT molecular complexity index is 574. The van der Waals surface area contributed by atoms with Crippen LogP contribution in [0.2, 0.25) is 0 Å². The first-order valence-corrected chi connectivity index (χ1v) is 17.6. The molecule has 236 valence electrons. The summed E-state index contributed by atoms with van der Waals surface area (Å²) < 4.78 is 0. The van der Waals surface area contributed by atoms with Crippen LogP contribution in [0.3, 0.4) is 0 Å². The second kappa shape index (κ2) is 32.4. The van der Waals surface area contributed by atoms with E-state index in [-0.39, 0.29) is 12.5 Å². The Labute approximate surface area is 249 Å². The largest absolute Gasteiger partial charge is 0.394 e. The predicted octanol–water partition coefficient (Wildman–Crippen LogP) is 10.1. The number of aliphatic hydroxyl groups excluding tert-OH is 2. The van der Waals surface area contributed by atoms with Gasteiger partial charge in [0.15, 0.2) is 0 Å². The lowest BCUT2D eigenvalue weighted by molar-refractivity contribution is -0.122. The van der Waals surface area contributed by atoms with Gasteiger partial charge in [-0.05, 0) is 38.5 Å². The van der Waals surface area contributed by atoms with Crippen molar-refractivity contribution in [2.24, 2.45) is 0 Å². The average Bonchev–Trinajstić information content (AvgIpc) is 2.96. The number of hydrogen-bond acceptors (Lipinski definition) is 3. The highest BCUT2D eigenvalue weighted by Gasteiger charge is 2.17. The molecule has 4 nitrogen and oxygen atoms in total. The Kier molecular flexibility index (Phi) is 31.5. The van der Waals surface area contributed by atoms with Gasteiger partial charge in [-0.25, -0.2) is 0 Å². The number of amides is 1. The number of nitrogens with one attached hydrogen (secondary N) is 1. The molecule has 1 amide bonds. The van der Waals surface area contributed by atoms with Gasteiger partial charge in [0.05, 0.1) is 18.8 Å². The molecule has 0 spiro atoms. The van der Waals surface area contributed by atoms with Gasteiger partial charge in [-0.2, -0.15) is 0 Å².